The lowest BCUT2D eigenvalue weighted by Crippen LogP contribution is -2.43. The smallest absolute Gasteiger partial charge is 0.231 e. The lowest BCUT2D eigenvalue weighted by molar-refractivity contribution is -0.140. The molecule has 0 atom stereocenters. The lowest BCUT2D eigenvalue weighted by atomic mass is 9.95. The number of ether oxygens (including phenoxy) is 2. The van der Waals surface area contributed by atoms with Crippen molar-refractivity contribution >= 4 is 11.8 Å². The molecule has 6 heteroatoms. The van der Waals surface area contributed by atoms with Crippen LogP contribution in [0.5, 0.6) is 11.5 Å². The number of likely N-dealkylation sites (tertiary alicyclic amines) is 1. The molecule has 25 heavy (non-hydrogen) atoms. The van der Waals surface area contributed by atoms with Gasteiger partial charge in [0.1, 0.15) is 0 Å². The van der Waals surface area contributed by atoms with Crippen LogP contribution < -0.4 is 9.47 Å². The standard InChI is InChI=1S/C19H24N2O4/c1-20(11-13-2-5-16-17(10-13)25-12-24-16)18(22)15-6-8-21(9-7-15)19(23)14-3-4-14/h2,5,10,14-15H,3-4,6-9,11-12H2,1H3. The van der Waals surface area contributed by atoms with Crippen LogP contribution in [0.1, 0.15) is 31.2 Å². The van der Waals surface area contributed by atoms with E-state index < -0.39 is 0 Å². The molecule has 1 saturated heterocycles. The lowest BCUT2D eigenvalue weighted by Gasteiger charge is -2.33. The van der Waals surface area contributed by atoms with Crippen molar-refractivity contribution in [2.75, 3.05) is 26.9 Å². The first kappa shape index (κ1) is 16.2. The van der Waals surface area contributed by atoms with Crippen LogP contribution in [-0.2, 0) is 16.1 Å². The van der Waals surface area contributed by atoms with E-state index in [9.17, 15) is 9.59 Å². The molecule has 0 bridgehead atoms. The van der Waals surface area contributed by atoms with Crippen LogP contribution in [0, 0.1) is 11.8 Å². The molecule has 6 nitrogen and oxygen atoms in total. The number of benzene rings is 1. The van der Waals surface area contributed by atoms with Crippen LogP contribution >= 0.6 is 0 Å². The van der Waals surface area contributed by atoms with E-state index in [2.05, 4.69) is 0 Å². The van der Waals surface area contributed by atoms with Crippen molar-refractivity contribution in [1.29, 1.82) is 0 Å². The number of nitrogens with zero attached hydrogens (tertiary/aromatic N) is 2. The van der Waals surface area contributed by atoms with Gasteiger partial charge in [0.05, 0.1) is 0 Å². The first-order valence-electron chi connectivity index (χ1n) is 9.04. The Hall–Kier alpha value is -2.24. The van der Waals surface area contributed by atoms with Crippen LogP contribution in [0.15, 0.2) is 18.2 Å². The Bertz CT molecular complexity index is 678. The third-order valence-electron chi connectivity index (χ3n) is 5.32. The molecule has 2 amide bonds. The predicted molar refractivity (Wildman–Crippen MR) is 91.1 cm³/mol. The molecule has 2 fully saturated rings. The van der Waals surface area contributed by atoms with Crippen molar-refractivity contribution in [3.63, 3.8) is 0 Å². The van der Waals surface area contributed by atoms with E-state index in [1.165, 1.54) is 0 Å². The molecule has 3 aliphatic rings. The summed E-state index contributed by atoms with van der Waals surface area (Å²) in [5.41, 5.74) is 1.03. The summed E-state index contributed by atoms with van der Waals surface area (Å²) < 4.78 is 10.7. The van der Waals surface area contributed by atoms with Crippen LogP contribution in [0.25, 0.3) is 0 Å². The molecule has 0 N–H and O–H groups in total. The van der Waals surface area contributed by atoms with E-state index in [0.717, 1.165) is 42.7 Å². The third kappa shape index (κ3) is 3.43. The maximum Gasteiger partial charge on any atom is 0.231 e. The molecule has 2 aliphatic heterocycles. The fraction of sp³-hybridized carbons (Fsp3) is 0.579. The molecule has 1 aromatic carbocycles. The highest BCUT2D eigenvalue weighted by molar-refractivity contribution is 5.82. The molecule has 0 unspecified atom stereocenters. The van der Waals surface area contributed by atoms with Gasteiger partial charge in [-0.15, -0.1) is 0 Å². The Morgan fingerprint density at radius 3 is 2.52 bits per heavy atom. The van der Waals surface area contributed by atoms with Gasteiger partial charge in [-0.1, -0.05) is 6.07 Å². The largest absolute Gasteiger partial charge is 0.454 e. The summed E-state index contributed by atoms with van der Waals surface area (Å²) in [7, 11) is 1.84. The molecular weight excluding hydrogens is 320 g/mol. The minimum atomic E-state index is 0.0160. The second-order valence-electron chi connectivity index (χ2n) is 7.26. The molecule has 0 radical (unpaired) electrons. The molecule has 0 aromatic heterocycles. The van der Waals surface area contributed by atoms with Gasteiger partial charge in [0.25, 0.3) is 0 Å². The van der Waals surface area contributed by atoms with E-state index in [1.54, 1.807) is 4.90 Å². The highest BCUT2D eigenvalue weighted by Crippen LogP contribution is 2.34. The molecule has 1 saturated carbocycles. The van der Waals surface area contributed by atoms with E-state index in [-0.39, 0.29) is 24.5 Å². The predicted octanol–water partition coefficient (Wildman–Crippen LogP) is 2.02. The Kier molecular flexibility index (Phi) is 4.27. The maximum absolute atomic E-state index is 12.7. The Morgan fingerprint density at radius 2 is 1.80 bits per heavy atom. The Morgan fingerprint density at radius 1 is 1.08 bits per heavy atom. The van der Waals surface area contributed by atoms with Crippen molar-refractivity contribution in [2.24, 2.45) is 11.8 Å². The van der Waals surface area contributed by atoms with Gasteiger partial charge < -0.3 is 19.3 Å². The fourth-order valence-electron chi connectivity index (χ4n) is 3.64. The van der Waals surface area contributed by atoms with Gasteiger partial charge in [-0.3, -0.25) is 9.59 Å². The topological polar surface area (TPSA) is 59.1 Å². The van der Waals surface area contributed by atoms with Crippen molar-refractivity contribution in [2.45, 2.75) is 32.2 Å². The van der Waals surface area contributed by atoms with Gasteiger partial charge in [-0.05, 0) is 43.4 Å². The molecule has 0 spiro atoms. The number of hydrogen-bond acceptors (Lipinski definition) is 4. The summed E-state index contributed by atoms with van der Waals surface area (Å²) in [6.45, 7) is 2.23. The van der Waals surface area contributed by atoms with E-state index in [1.807, 2.05) is 30.1 Å². The first-order chi connectivity index (χ1) is 12.1. The highest BCUT2D eigenvalue weighted by Gasteiger charge is 2.36. The zero-order valence-corrected chi connectivity index (χ0v) is 14.6. The van der Waals surface area contributed by atoms with Gasteiger partial charge in [-0.25, -0.2) is 0 Å². The highest BCUT2D eigenvalue weighted by atomic mass is 16.7. The average Bonchev–Trinajstić information content (AvgIpc) is 3.38. The summed E-state index contributed by atoms with van der Waals surface area (Å²) in [4.78, 5) is 28.6. The zero-order valence-electron chi connectivity index (χ0n) is 14.6. The second-order valence-corrected chi connectivity index (χ2v) is 7.26. The quantitative estimate of drug-likeness (QED) is 0.838. The molecule has 4 rings (SSSR count). The van der Waals surface area contributed by atoms with Gasteiger partial charge in [0.15, 0.2) is 11.5 Å². The van der Waals surface area contributed by atoms with E-state index >= 15 is 0 Å². The molecular formula is C19H24N2O4. The number of rotatable bonds is 4. The summed E-state index contributed by atoms with van der Waals surface area (Å²) in [5.74, 6) is 2.23. The zero-order chi connectivity index (χ0) is 17.4. The Labute approximate surface area is 147 Å². The summed E-state index contributed by atoms with van der Waals surface area (Å²) >= 11 is 0. The van der Waals surface area contributed by atoms with Crippen LogP contribution in [0.2, 0.25) is 0 Å². The Balaban J connectivity index is 1.31. The number of piperidine rings is 1. The van der Waals surface area contributed by atoms with E-state index in [4.69, 9.17) is 9.47 Å². The summed E-state index contributed by atoms with van der Waals surface area (Å²) in [6, 6.07) is 5.79. The van der Waals surface area contributed by atoms with E-state index in [0.29, 0.717) is 25.5 Å². The van der Waals surface area contributed by atoms with Crippen molar-refractivity contribution in [1.82, 2.24) is 9.80 Å². The average molecular weight is 344 g/mol. The van der Waals surface area contributed by atoms with Gasteiger partial charge in [-0.2, -0.15) is 0 Å². The summed E-state index contributed by atoms with van der Waals surface area (Å²) in [6.07, 6.45) is 3.61. The molecule has 1 aliphatic carbocycles. The number of fused-ring (bicyclic) bond motifs is 1. The van der Waals surface area contributed by atoms with Crippen molar-refractivity contribution in [3.05, 3.63) is 23.8 Å². The second kappa shape index (κ2) is 6.58. The normalized spacial score (nSPS) is 19.8. The van der Waals surface area contributed by atoms with Crippen LogP contribution in [0.3, 0.4) is 0 Å². The van der Waals surface area contributed by atoms with Crippen molar-refractivity contribution in [3.8, 4) is 11.5 Å². The third-order valence-corrected chi connectivity index (χ3v) is 5.32. The van der Waals surface area contributed by atoms with Gasteiger partial charge in [0.2, 0.25) is 18.6 Å². The fourth-order valence-corrected chi connectivity index (χ4v) is 3.64. The monoisotopic (exact) mass is 344 g/mol. The summed E-state index contributed by atoms with van der Waals surface area (Å²) in [5, 5.41) is 0. The number of amides is 2. The SMILES string of the molecule is CN(Cc1ccc2c(c1)OCO2)C(=O)C1CCN(C(=O)C2CC2)CC1. The van der Waals surface area contributed by atoms with Gasteiger partial charge >= 0.3 is 0 Å². The molecule has 134 valence electrons. The van der Waals surface area contributed by atoms with Gasteiger partial charge in [0, 0.05) is 38.5 Å². The van der Waals surface area contributed by atoms with Crippen LogP contribution in [0.4, 0.5) is 0 Å². The maximum atomic E-state index is 12.7. The number of hydrogen-bond donors (Lipinski definition) is 0. The van der Waals surface area contributed by atoms with Crippen molar-refractivity contribution < 1.29 is 19.1 Å². The molecule has 2 heterocycles. The molecule has 1 aromatic rings. The van der Waals surface area contributed by atoms with Crippen LogP contribution in [-0.4, -0.2) is 48.5 Å². The number of carbonyl (C=O) groups is 2. The minimum absolute atomic E-state index is 0.0160. The minimum Gasteiger partial charge on any atom is -0.454 e. The first-order valence-corrected chi connectivity index (χ1v) is 9.04. The number of carbonyl (C=O) groups excluding carboxylic acids is 2.